The van der Waals surface area contributed by atoms with Crippen LogP contribution in [0, 0.1) is 0 Å². The molecular formula is C30H33Cl2NO3. The molecule has 0 saturated heterocycles. The molecule has 0 bridgehead atoms. The molecule has 3 aromatic rings. The summed E-state index contributed by atoms with van der Waals surface area (Å²) in [5.41, 5.74) is 2.57. The number of amides is 1. The highest BCUT2D eigenvalue weighted by molar-refractivity contribution is 6.34. The van der Waals surface area contributed by atoms with Gasteiger partial charge in [0.15, 0.2) is 0 Å². The number of hydrogen-bond donors (Lipinski definition) is 1. The lowest BCUT2D eigenvalue weighted by atomic mass is 9.83. The lowest BCUT2D eigenvalue weighted by Gasteiger charge is -2.30. The van der Waals surface area contributed by atoms with Crippen LogP contribution >= 0.6 is 23.2 Å². The summed E-state index contributed by atoms with van der Waals surface area (Å²) in [6, 6.07) is 25.6. The Labute approximate surface area is 224 Å². The third kappa shape index (κ3) is 9.25. The number of benzene rings is 3. The van der Waals surface area contributed by atoms with E-state index in [0.29, 0.717) is 29.5 Å². The maximum absolute atomic E-state index is 12.8. The van der Waals surface area contributed by atoms with Crippen molar-refractivity contribution < 1.29 is 14.3 Å². The first-order valence-electron chi connectivity index (χ1n) is 12.0. The molecule has 3 rings (SSSR count). The number of alkyl carbamates (subject to hydrolysis) is 1. The predicted molar refractivity (Wildman–Crippen MR) is 148 cm³/mol. The number of rotatable bonds is 10. The zero-order valence-electron chi connectivity index (χ0n) is 20.9. The Balaban J connectivity index is 1.73. The maximum atomic E-state index is 12.8. The van der Waals surface area contributed by atoms with Crippen molar-refractivity contribution in [2.24, 2.45) is 0 Å². The Kier molecular flexibility index (Phi) is 10.3. The Morgan fingerprint density at radius 1 is 0.917 bits per heavy atom. The van der Waals surface area contributed by atoms with Gasteiger partial charge in [-0.1, -0.05) is 83.9 Å². The quantitative estimate of drug-likeness (QED) is 0.269. The second-order valence-corrected chi connectivity index (χ2v) is 10.5. The molecule has 3 aromatic carbocycles. The summed E-state index contributed by atoms with van der Waals surface area (Å²) in [4.78, 5) is 12.8. The molecule has 0 radical (unpaired) electrons. The van der Waals surface area contributed by atoms with Gasteiger partial charge in [0, 0.05) is 22.0 Å². The molecule has 4 nitrogen and oxygen atoms in total. The number of nitrogens with one attached hydrogen (secondary N) is 1. The smallest absolute Gasteiger partial charge is 0.407 e. The molecule has 190 valence electrons. The van der Waals surface area contributed by atoms with E-state index < -0.39 is 11.7 Å². The summed E-state index contributed by atoms with van der Waals surface area (Å²) in [6.45, 7) is 5.95. The van der Waals surface area contributed by atoms with Gasteiger partial charge in [-0.2, -0.15) is 0 Å². The summed E-state index contributed by atoms with van der Waals surface area (Å²) in [5, 5.41) is 4.29. The zero-order valence-corrected chi connectivity index (χ0v) is 22.4. The minimum Gasteiger partial charge on any atom is -0.497 e. The summed E-state index contributed by atoms with van der Waals surface area (Å²) < 4.78 is 11.3. The first-order valence-corrected chi connectivity index (χ1v) is 12.8. The molecule has 0 saturated carbocycles. The number of allylic oxidation sites excluding steroid dienone is 1. The van der Waals surface area contributed by atoms with Gasteiger partial charge in [0.05, 0.1) is 6.26 Å². The van der Waals surface area contributed by atoms with E-state index in [1.54, 1.807) is 12.3 Å². The highest BCUT2D eigenvalue weighted by atomic mass is 35.5. The molecule has 0 spiro atoms. The van der Waals surface area contributed by atoms with Gasteiger partial charge in [-0.25, -0.2) is 4.79 Å². The second-order valence-electron chi connectivity index (χ2n) is 9.59. The van der Waals surface area contributed by atoms with Crippen molar-refractivity contribution in [3.8, 4) is 0 Å². The van der Waals surface area contributed by atoms with Crippen LogP contribution in [0.5, 0.6) is 0 Å². The molecule has 0 fully saturated rings. The van der Waals surface area contributed by atoms with Gasteiger partial charge in [-0.3, -0.25) is 0 Å². The van der Waals surface area contributed by atoms with E-state index in [1.165, 1.54) is 0 Å². The van der Waals surface area contributed by atoms with E-state index in [4.69, 9.17) is 32.7 Å². The molecular weight excluding hydrogens is 493 g/mol. The summed E-state index contributed by atoms with van der Waals surface area (Å²) in [7, 11) is 0. The third-order valence-corrected chi connectivity index (χ3v) is 5.87. The zero-order chi connectivity index (χ0) is 26.0. The van der Waals surface area contributed by atoms with Crippen LogP contribution < -0.4 is 5.32 Å². The monoisotopic (exact) mass is 525 g/mol. The summed E-state index contributed by atoms with van der Waals surface area (Å²) in [6.07, 6.45) is 4.61. The molecule has 0 aromatic heterocycles. The number of ether oxygens (including phenoxy) is 2. The molecule has 1 unspecified atom stereocenters. The Hall–Kier alpha value is -2.95. The number of carbonyl (C=O) groups is 1. The van der Waals surface area contributed by atoms with Crippen LogP contribution in [-0.4, -0.2) is 17.7 Å². The Morgan fingerprint density at radius 3 is 2.00 bits per heavy atom. The fourth-order valence-electron chi connectivity index (χ4n) is 4.01. The van der Waals surface area contributed by atoms with Gasteiger partial charge in [0.1, 0.15) is 12.2 Å². The van der Waals surface area contributed by atoms with Gasteiger partial charge in [-0.15, -0.1) is 0 Å². The first-order chi connectivity index (χ1) is 17.2. The van der Waals surface area contributed by atoms with E-state index in [-0.39, 0.29) is 12.0 Å². The predicted octanol–water partition coefficient (Wildman–Crippen LogP) is 8.53. The van der Waals surface area contributed by atoms with E-state index in [1.807, 2.05) is 75.4 Å². The maximum Gasteiger partial charge on any atom is 0.407 e. The number of hydrogen-bond acceptors (Lipinski definition) is 3. The fraction of sp³-hybridized carbons (Fsp3) is 0.300. The van der Waals surface area contributed by atoms with Crippen LogP contribution in [0.2, 0.25) is 10.0 Å². The fourth-order valence-corrected chi connectivity index (χ4v) is 4.58. The molecule has 1 N–H and O–H groups in total. The van der Waals surface area contributed by atoms with E-state index in [2.05, 4.69) is 29.6 Å². The van der Waals surface area contributed by atoms with Crippen LogP contribution in [0.1, 0.15) is 56.2 Å². The van der Waals surface area contributed by atoms with Gasteiger partial charge in [-0.05, 0) is 74.6 Å². The molecule has 6 heteroatoms. The standard InChI is InChI=1S/C30H33Cl2NO3/c1-30(2,3)36-29(34)33-27(16-10-11-17-35-21-22-18-25(31)20-26(32)19-22)28(23-12-6-4-7-13-23)24-14-8-5-9-15-24/h4-9,11-15,17-20,27-28H,10,16,21H2,1-3H3,(H,33,34). The van der Waals surface area contributed by atoms with Crippen LogP contribution in [0.15, 0.2) is 91.2 Å². The topological polar surface area (TPSA) is 47.6 Å². The van der Waals surface area contributed by atoms with Crippen molar-refractivity contribution in [1.29, 1.82) is 0 Å². The third-order valence-electron chi connectivity index (χ3n) is 5.43. The highest BCUT2D eigenvalue weighted by Gasteiger charge is 2.28. The van der Waals surface area contributed by atoms with E-state index in [0.717, 1.165) is 16.7 Å². The van der Waals surface area contributed by atoms with Crippen LogP contribution in [0.4, 0.5) is 4.79 Å². The Morgan fingerprint density at radius 2 is 1.47 bits per heavy atom. The lowest BCUT2D eigenvalue weighted by molar-refractivity contribution is 0.0497. The minimum absolute atomic E-state index is 0.0390. The summed E-state index contributed by atoms with van der Waals surface area (Å²) in [5.74, 6) is -0.0390. The van der Waals surface area contributed by atoms with E-state index in [9.17, 15) is 4.79 Å². The number of carbonyl (C=O) groups excluding carboxylic acids is 1. The largest absolute Gasteiger partial charge is 0.497 e. The first kappa shape index (κ1) is 27.6. The van der Waals surface area contributed by atoms with Crippen molar-refractivity contribution >= 4 is 29.3 Å². The normalized spacial score (nSPS) is 12.5. The molecule has 0 heterocycles. The average molecular weight is 527 g/mol. The van der Waals surface area contributed by atoms with Gasteiger partial charge in [0.2, 0.25) is 0 Å². The van der Waals surface area contributed by atoms with Gasteiger partial charge >= 0.3 is 6.09 Å². The Bertz CT molecular complexity index is 1070. The van der Waals surface area contributed by atoms with Crippen molar-refractivity contribution in [3.63, 3.8) is 0 Å². The molecule has 0 aliphatic rings. The summed E-state index contributed by atoms with van der Waals surface area (Å²) >= 11 is 12.1. The average Bonchev–Trinajstić information content (AvgIpc) is 2.81. The van der Waals surface area contributed by atoms with E-state index >= 15 is 0 Å². The lowest BCUT2D eigenvalue weighted by Crippen LogP contribution is -2.42. The molecule has 0 aliphatic heterocycles. The van der Waals surface area contributed by atoms with Crippen molar-refractivity contribution in [3.05, 3.63) is 118 Å². The highest BCUT2D eigenvalue weighted by Crippen LogP contribution is 2.30. The van der Waals surface area contributed by atoms with Gasteiger partial charge < -0.3 is 14.8 Å². The molecule has 1 amide bonds. The van der Waals surface area contributed by atoms with Crippen molar-refractivity contribution in [2.75, 3.05) is 0 Å². The molecule has 0 aliphatic carbocycles. The second kappa shape index (κ2) is 13.4. The minimum atomic E-state index is -0.583. The molecule has 1 atom stereocenters. The van der Waals surface area contributed by atoms with Crippen LogP contribution in [0.25, 0.3) is 0 Å². The van der Waals surface area contributed by atoms with Crippen LogP contribution in [0.3, 0.4) is 0 Å². The SMILES string of the molecule is CC(C)(C)OC(=O)NC(CCC=COCc1cc(Cl)cc(Cl)c1)C(c1ccccc1)c1ccccc1. The van der Waals surface area contributed by atoms with Gasteiger partial charge in [0.25, 0.3) is 0 Å². The van der Waals surface area contributed by atoms with Crippen molar-refractivity contribution in [2.45, 2.75) is 57.8 Å². The molecule has 36 heavy (non-hydrogen) atoms. The van der Waals surface area contributed by atoms with Crippen LogP contribution in [-0.2, 0) is 16.1 Å². The van der Waals surface area contributed by atoms with Crippen molar-refractivity contribution in [1.82, 2.24) is 5.32 Å². The number of halogens is 2.